The number of benzene rings is 1. The first kappa shape index (κ1) is 21.1. The zero-order valence-corrected chi connectivity index (χ0v) is 16.1. The van der Waals surface area contributed by atoms with Crippen LogP contribution in [-0.4, -0.2) is 58.0 Å². The molecular weight excluding hydrogens is 407 g/mol. The molecule has 30 heavy (non-hydrogen) atoms. The number of amides is 4. The van der Waals surface area contributed by atoms with Gasteiger partial charge in [0.2, 0.25) is 0 Å². The zero-order chi connectivity index (χ0) is 22.4. The van der Waals surface area contributed by atoms with Gasteiger partial charge in [0.15, 0.2) is 5.78 Å². The molecule has 0 radical (unpaired) electrons. The van der Waals surface area contributed by atoms with Gasteiger partial charge in [0.05, 0.1) is 6.54 Å². The number of hydrogen-bond donors (Lipinski definition) is 0. The lowest BCUT2D eigenvalue weighted by Gasteiger charge is -2.13. The molecule has 1 aliphatic heterocycles. The van der Waals surface area contributed by atoms with Gasteiger partial charge in [-0.05, 0) is 44.2 Å². The monoisotopic (exact) mass is 423 g/mol. The molecule has 0 saturated carbocycles. The molecule has 1 aromatic carbocycles. The summed E-state index contributed by atoms with van der Waals surface area (Å²) in [6.45, 7) is 2.70. The summed E-state index contributed by atoms with van der Waals surface area (Å²) in [5.74, 6) is -3.04. The summed E-state index contributed by atoms with van der Waals surface area (Å²) in [5, 5.41) is 0. The number of nitrogens with zero attached hydrogens (tertiary/aromatic N) is 3. The Balaban J connectivity index is 1.85. The van der Waals surface area contributed by atoms with E-state index in [4.69, 9.17) is 0 Å². The van der Waals surface area contributed by atoms with Gasteiger partial charge >= 0.3 is 24.2 Å². The molecule has 158 valence electrons. The minimum Gasteiger partial charge on any atom is -0.406 e. The average Bonchev–Trinajstić information content (AvgIpc) is 3.05. The third-order valence-corrected chi connectivity index (χ3v) is 4.61. The van der Waals surface area contributed by atoms with Crippen LogP contribution in [0.2, 0.25) is 0 Å². The topological polar surface area (TPSA) is 88.9 Å². The van der Waals surface area contributed by atoms with Crippen molar-refractivity contribution < 1.29 is 37.1 Å². The lowest BCUT2D eigenvalue weighted by atomic mass is 10.1. The van der Waals surface area contributed by atoms with Gasteiger partial charge in [0.1, 0.15) is 5.75 Å². The van der Waals surface area contributed by atoms with E-state index in [9.17, 15) is 32.3 Å². The number of carbonyl (C=O) groups is 4. The largest absolute Gasteiger partial charge is 0.573 e. The summed E-state index contributed by atoms with van der Waals surface area (Å²) in [5.41, 5.74) is 1.76. The van der Waals surface area contributed by atoms with Crippen LogP contribution in [0, 0.1) is 13.8 Å². The van der Waals surface area contributed by atoms with E-state index in [-0.39, 0.29) is 11.3 Å². The van der Waals surface area contributed by atoms with Crippen LogP contribution in [0.5, 0.6) is 5.75 Å². The first-order valence-electron chi connectivity index (χ1n) is 8.62. The number of alkyl halides is 3. The van der Waals surface area contributed by atoms with Crippen LogP contribution >= 0.6 is 0 Å². The van der Waals surface area contributed by atoms with Crippen molar-refractivity contribution in [1.29, 1.82) is 0 Å². The number of aryl methyl sites for hydroxylation is 1. The Labute approximate surface area is 168 Å². The van der Waals surface area contributed by atoms with Crippen molar-refractivity contribution in [3.8, 4) is 11.4 Å². The maximum atomic E-state index is 12.7. The SMILES string of the molecule is Cc1cc(C(=O)CN2C(=O)C(=O)N(C)C2=O)c(C)n1-c1ccc(OC(F)(F)F)cc1. The Hall–Kier alpha value is -3.63. The van der Waals surface area contributed by atoms with Crippen LogP contribution in [0.3, 0.4) is 0 Å². The lowest BCUT2D eigenvalue weighted by molar-refractivity contribution is -0.274. The third kappa shape index (κ3) is 3.78. The fourth-order valence-corrected chi connectivity index (χ4v) is 3.22. The van der Waals surface area contributed by atoms with Gasteiger partial charge in [-0.25, -0.2) is 9.69 Å². The average molecular weight is 423 g/mol. The number of carbonyl (C=O) groups excluding carboxylic acids is 4. The van der Waals surface area contributed by atoms with Gasteiger partial charge in [-0.3, -0.25) is 19.3 Å². The molecule has 0 spiro atoms. The fraction of sp³-hybridized carbons (Fsp3) is 0.263. The van der Waals surface area contributed by atoms with Gasteiger partial charge in [0, 0.05) is 29.7 Å². The maximum Gasteiger partial charge on any atom is 0.573 e. The number of likely N-dealkylation sites (N-methyl/N-ethyl adjacent to an activating group) is 1. The summed E-state index contributed by atoms with van der Waals surface area (Å²) in [6.07, 6.45) is -4.81. The molecule has 1 aromatic heterocycles. The number of urea groups is 1. The second kappa shape index (κ2) is 7.32. The van der Waals surface area contributed by atoms with Gasteiger partial charge in [0.25, 0.3) is 0 Å². The molecule has 1 saturated heterocycles. The Kier molecular flexibility index (Phi) is 5.15. The third-order valence-electron chi connectivity index (χ3n) is 4.61. The molecule has 0 aliphatic carbocycles. The van der Waals surface area contributed by atoms with E-state index in [1.807, 2.05) is 0 Å². The molecular formula is C19H16F3N3O5. The highest BCUT2D eigenvalue weighted by Crippen LogP contribution is 2.26. The standard InChI is InChI=1S/C19H16F3N3O5/c1-10-8-14(15(26)9-24-17(28)16(27)23(3)18(24)29)11(2)25(10)12-4-6-13(7-5-12)30-19(20,21)22/h4-8H,9H2,1-3H3. The van der Waals surface area contributed by atoms with Crippen LogP contribution in [0.1, 0.15) is 21.7 Å². The molecule has 0 bridgehead atoms. The van der Waals surface area contributed by atoms with E-state index < -0.39 is 36.5 Å². The molecule has 0 unspecified atom stereocenters. The number of imide groups is 2. The molecule has 2 heterocycles. The van der Waals surface area contributed by atoms with Gasteiger partial charge in [-0.2, -0.15) is 0 Å². The molecule has 3 rings (SSSR count). The van der Waals surface area contributed by atoms with E-state index in [1.165, 1.54) is 18.2 Å². The van der Waals surface area contributed by atoms with Crippen molar-refractivity contribution in [2.75, 3.05) is 13.6 Å². The fourth-order valence-electron chi connectivity index (χ4n) is 3.22. The minimum absolute atomic E-state index is 0.214. The highest BCUT2D eigenvalue weighted by Gasteiger charge is 2.43. The van der Waals surface area contributed by atoms with E-state index in [0.717, 1.165) is 19.2 Å². The van der Waals surface area contributed by atoms with E-state index in [0.29, 0.717) is 26.9 Å². The second-order valence-electron chi connectivity index (χ2n) is 6.62. The summed E-state index contributed by atoms with van der Waals surface area (Å²) in [6, 6.07) is 5.74. The van der Waals surface area contributed by atoms with Gasteiger partial charge in [-0.1, -0.05) is 0 Å². The molecule has 1 fully saturated rings. The highest BCUT2D eigenvalue weighted by atomic mass is 19.4. The van der Waals surface area contributed by atoms with Crippen molar-refractivity contribution >= 4 is 23.6 Å². The van der Waals surface area contributed by atoms with Crippen molar-refractivity contribution in [1.82, 2.24) is 14.4 Å². The van der Waals surface area contributed by atoms with Crippen LogP contribution in [0.25, 0.3) is 5.69 Å². The lowest BCUT2D eigenvalue weighted by Crippen LogP contribution is -2.36. The van der Waals surface area contributed by atoms with Crippen molar-refractivity contribution in [3.63, 3.8) is 0 Å². The number of aromatic nitrogens is 1. The van der Waals surface area contributed by atoms with Crippen LogP contribution in [-0.2, 0) is 9.59 Å². The number of ether oxygens (including phenoxy) is 1. The Morgan fingerprint density at radius 1 is 1.03 bits per heavy atom. The maximum absolute atomic E-state index is 12.7. The van der Waals surface area contributed by atoms with Gasteiger partial charge < -0.3 is 9.30 Å². The summed E-state index contributed by atoms with van der Waals surface area (Å²) in [7, 11) is 1.14. The quantitative estimate of drug-likeness (QED) is 0.419. The second-order valence-corrected chi connectivity index (χ2v) is 6.62. The van der Waals surface area contributed by atoms with Crippen molar-refractivity contribution in [2.24, 2.45) is 0 Å². The molecule has 2 aromatic rings. The van der Waals surface area contributed by atoms with E-state index in [2.05, 4.69) is 4.74 Å². The van der Waals surface area contributed by atoms with Crippen LogP contribution < -0.4 is 4.74 Å². The van der Waals surface area contributed by atoms with Crippen molar-refractivity contribution in [3.05, 3.63) is 47.3 Å². The first-order valence-corrected chi connectivity index (χ1v) is 8.62. The number of Topliss-reactive ketones (excluding diaryl/α,β-unsaturated/α-hetero) is 1. The number of ketones is 1. The number of halogens is 3. The van der Waals surface area contributed by atoms with E-state index >= 15 is 0 Å². The molecule has 8 nitrogen and oxygen atoms in total. The predicted octanol–water partition coefficient (Wildman–Crippen LogP) is 2.60. The van der Waals surface area contributed by atoms with Crippen LogP contribution in [0.15, 0.2) is 30.3 Å². The Bertz CT molecular complexity index is 1060. The smallest absolute Gasteiger partial charge is 0.406 e. The number of hydrogen-bond acceptors (Lipinski definition) is 5. The summed E-state index contributed by atoms with van der Waals surface area (Å²) < 4.78 is 42.4. The summed E-state index contributed by atoms with van der Waals surface area (Å²) >= 11 is 0. The Morgan fingerprint density at radius 3 is 2.13 bits per heavy atom. The van der Waals surface area contributed by atoms with Crippen molar-refractivity contribution in [2.45, 2.75) is 20.2 Å². The summed E-state index contributed by atoms with van der Waals surface area (Å²) in [4.78, 5) is 49.3. The minimum atomic E-state index is -4.81. The van der Waals surface area contributed by atoms with E-state index in [1.54, 1.807) is 18.4 Å². The first-order chi connectivity index (χ1) is 13.9. The predicted molar refractivity (Wildman–Crippen MR) is 96.1 cm³/mol. The molecule has 4 amide bonds. The van der Waals surface area contributed by atoms with Crippen LogP contribution in [0.4, 0.5) is 18.0 Å². The molecule has 0 N–H and O–H groups in total. The Morgan fingerprint density at radius 2 is 1.63 bits per heavy atom. The van der Waals surface area contributed by atoms with Gasteiger partial charge in [-0.15, -0.1) is 13.2 Å². The molecule has 0 atom stereocenters. The highest BCUT2D eigenvalue weighted by molar-refractivity contribution is 6.45. The normalized spacial score (nSPS) is 14.7. The molecule has 1 aliphatic rings. The zero-order valence-electron chi connectivity index (χ0n) is 16.1. The number of rotatable bonds is 5. The molecule has 11 heteroatoms.